The predicted molar refractivity (Wildman–Crippen MR) is 139 cm³/mol. The largest absolute Gasteiger partial charge is 0.394 e. The van der Waals surface area contributed by atoms with Crippen LogP contribution >= 0.6 is 0 Å². The smallest absolute Gasteiger partial charge is 0.163 e. The second-order valence-electron chi connectivity index (χ2n) is 11.5. The van der Waals surface area contributed by atoms with Crippen molar-refractivity contribution in [2.45, 2.75) is 137 Å². The molecule has 1 N–H and O–H groups in total. The van der Waals surface area contributed by atoms with Crippen molar-refractivity contribution < 1.29 is 19.3 Å². The van der Waals surface area contributed by atoms with Crippen LogP contribution in [0.1, 0.15) is 119 Å². The van der Waals surface area contributed by atoms with Gasteiger partial charge in [-0.25, -0.2) is 0 Å². The summed E-state index contributed by atoms with van der Waals surface area (Å²) < 4.78 is 17.2. The molecule has 1 fully saturated rings. The van der Waals surface area contributed by atoms with E-state index in [1.807, 2.05) is 13.8 Å². The summed E-state index contributed by atoms with van der Waals surface area (Å²) in [5.74, 6) is 2.01. The molecule has 4 nitrogen and oxygen atoms in total. The van der Waals surface area contributed by atoms with E-state index in [-0.39, 0.29) is 18.8 Å². The van der Waals surface area contributed by atoms with Gasteiger partial charge in [0.05, 0.1) is 13.2 Å². The summed E-state index contributed by atoms with van der Waals surface area (Å²) in [5, 5.41) is 9.60. The van der Waals surface area contributed by atoms with E-state index < -0.39 is 5.79 Å². The Bertz CT molecular complexity index is 514. The standard InChI is InChI=1S/C29H56O4/c1-23(2)13-10-15-25(4)17-12-19-26(5)18-11-16-24(3)14-8-9-20-31-27(21-30)28-22-32-29(6,7)33-28/h14,23,25-28,30H,8-13,15-22H2,1-7H3/b24-14+/t25?,26?,27-,28+/m1/s1. The van der Waals surface area contributed by atoms with Crippen molar-refractivity contribution in [3.8, 4) is 0 Å². The van der Waals surface area contributed by atoms with Crippen LogP contribution in [0.2, 0.25) is 0 Å². The maximum Gasteiger partial charge on any atom is 0.163 e. The molecule has 1 rings (SSSR count). The molecule has 0 radical (unpaired) electrons. The Morgan fingerprint density at radius 1 is 0.970 bits per heavy atom. The second-order valence-corrected chi connectivity index (χ2v) is 11.5. The van der Waals surface area contributed by atoms with Crippen molar-refractivity contribution >= 4 is 0 Å². The Morgan fingerprint density at radius 3 is 2.12 bits per heavy atom. The highest BCUT2D eigenvalue weighted by molar-refractivity contribution is 4.97. The van der Waals surface area contributed by atoms with Crippen LogP contribution in [0.15, 0.2) is 11.6 Å². The number of ether oxygens (including phenoxy) is 3. The summed E-state index contributed by atoms with van der Waals surface area (Å²) in [6.07, 6.45) is 16.1. The third-order valence-corrected chi connectivity index (χ3v) is 6.94. The lowest BCUT2D eigenvalue weighted by Crippen LogP contribution is -2.36. The number of rotatable bonds is 19. The number of hydrogen-bond donors (Lipinski definition) is 1. The van der Waals surface area contributed by atoms with Crippen molar-refractivity contribution in [2.24, 2.45) is 17.8 Å². The van der Waals surface area contributed by atoms with Crippen LogP contribution in [-0.4, -0.2) is 42.9 Å². The first kappa shape index (κ1) is 30.6. The zero-order valence-corrected chi connectivity index (χ0v) is 23.0. The van der Waals surface area contributed by atoms with E-state index in [1.54, 1.807) is 0 Å². The number of allylic oxidation sites excluding steroid dienone is 2. The molecule has 0 amide bonds. The highest BCUT2D eigenvalue weighted by Crippen LogP contribution is 2.25. The van der Waals surface area contributed by atoms with Gasteiger partial charge in [-0.05, 0) is 64.2 Å². The zero-order valence-electron chi connectivity index (χ0n) is 23.0. The summed E-state index contributed by atoms with van der Waals surface area (Å²) >= 11 is 0. The maximum atomic E-state index is 9.60. The summed E-state index contributed by atoms with van der Waals surface area (Å²) in [6, 6.07) is 0. The van der Waals surface area contributed by atoms with Gasteiger partial charge in [-0.3, -0.25) is 0 Å². The summed E-state index contributed by atoms with van der Waals surface area (Å²) in [5.41, 5.74) is 1.49. The first-order chi connectivity index (χ1) is 15.6. The Hall–Kier alpha value is -0.420. The maximum absolute atomic E-state index is 9.60. The molecule has 0 aromatic heterocycles. The van der Waals surface area contributed by atoms with Crippen molar-refractivity contribution in [2.75, 3.05) is 19.8 Å². The fourth-order valence-corrected chi connectivity index (χ4v) is 4.65. The normalized spacial score (nSPS) is 21.5. The topological polar surface area (TPSA) is 47.9 Å². The number of unbranched alkanes of at least 4 members (excludes halogenated alkanes) is 1. The van der Waals surface area contributed by atoms with Crippen molar-refractivity contribution in [1.29, 1.82) is 0 Å². The van der Waals surface area contributed by atoms with Gasteiger partial charge in [0, 0.05) is 6.61 Å². The molecule has 4 heteroatoms. The van der Waals surface area contributed by atoms with Gasteiger partial charge in [-0.15, -0.1) is 0 Å². The lowest BCUT2D eigenvalue weighted by Gasteiger charge is -2.22. The molecular weight excluding hydrogens is 412 g/mol. The Labute approximate surface area is 205 Å². The summed E-state index contributed by atoms with van der Waals surface area (Å²) in [6.45, 7) is 16.7. The van der Waals surface area contributed by atoms with Gasteiger partial charge in [0.1, 0.15) is 12.2 Å². The Morgan fingerprint density at radius 2 is 1.58 bits per heavy atom. The Balaban J connectivity index is 2.05. The minimum atomic E-state index is -0.579. The molecule has 0 aromatic carbocycles. The monoisotopic (exact) mass is 468 g/mol. The van der Waals surface area contributed by atoms with Crippen LogP contribution in [0.3, 0.4) is 0 Å². The highest BCUT2D eigenvalue weighted by Gasteiger charge is 2.37. The number of aliphatic hydroxyl groups excluding tert-OH is 1. The quantitative estimate of drug-likeness (QED) is 0.156. The van der Waals surface area contributed by atoms with E-state index in [1.165, 1.54) is 63.4 Å². The molecule has 0 aliphatic carbocycles. The molecule has 33 heavy (non-hydrogen) atoms. The minimum Gasteiger partial charge on any atom is -0.394 e. The Kier molecular flexibility index (Phi) is 15.8. The average molecular weight is 469 g/mol. The lowest BCUT2D eigenvalue weighted by atomic mass is 9.91. The third-order valence-electron chi connectivity index (χ3n) is 6.94. The van der Waals surface area contributed by atoms with Crippen LogP contribution in [0.4, 0.5) is 0 Å². The van der Waals surface area contributed by atoms with E-state index in [2.05, 4.69) is 40.7 Å². The molecule has 196 valence electrons. The fraction of sp³-hybridized carbons (Fsp3) is 0.931. The number of aliphatic hydroxyl groups is 1. The van der Waals surface area contributed by atoms with E-state index in [9.17, 15) is 5.11 Å². The van der Waals surface area contributed by atoms with Crippen molar-refractivity contribution in [3.63, 3.8) is 0 Å². The average Bonchev–Trinajstić information content (AvgIpc) is 3.09. The fourth-order valence-electron chi connectivity index (χ4n) is 4.65. The molecule has 1 aliphatic heterocycles. The van der Waals surface area contributed by atoms with Crippen LogP contribution < -0.4 is 0 Å². The van der Waals surface area contributed by atoms with Gasteiger partial charge in [-0.2, -0.15) is 0 Å². The van der Waals surface area contributed by atoms with Crippen LogP contribution in [0.25, 0.3) is 0 Å². The van der Waals surface area contributed by atoms with Crippen molar-refractivity contribution in [1.82, 2.24) is 0 Å². The number of hydrogen-bond acceptors (Lipinski definition) is 4. The lowest BCUT2D eigenvalue weighted by molar-refractivity contribution is -0.160. The zero-order chi connectivity index (χ0) is 24.7. The molecule has 0 bridgehead atoms. The van der Waals surface area contributed by atoms with Gasteiger partial charge in [0.25, 0.3) is 0 Å². The minimum absolute atomic E-state index is 0.0335. The molecule has 2 unspecified atom stereocenters. The van der Waals surface area contributed by atoms with Crippen LogP contribution in [0.5, 0.6) is 0 Å². The first-order valence-corrected chi connectivity index (χ1v) is 13.8. The molecule has 4 atom stereocenters. The van der Waals surface area contributed by atoms with Gasteiger partial charge >= 0.3 is 0 Å². The van der Waals surface area contributed by atoms with Gasteiger partial charge < -0.3 is 19.3 Å². The second kappa shape index (κ2) is 17.1. The van der Waals surface area contributed by atoms with Crippen molar-refractivity contribution in [3.05, 3.63) is 11.6 Å². The van der Waals surface area contributed by atoms with E-state index in [0.29, 0.717) is 13.2 Å². The summed E-state index contributed by atoms with van der Waals surface area (Å²) in [4.78, 5) is 0. The molecule has 0 saturated carbocycles. The molecule has 0 aromatic rings. The summed E-state index contributed by atoms with van der Waals surface area (Å²) in [7, 11) is 0. The molecular formula is C29H56O4. The molecule has 1 saturated heterocycles. The van der Waals surface area contributed by atoms with Gasteiger partial charge in [-0.1, -0.05) is 84.3 Å². The van der Waals surface area contributed by atoms with Crippen LogP contribution in [0, 0.1) is 17.8 Å². The molecule has 1 heterocycles. The van der Waals surface area contributed by atoms with Crippen LogP contribution in [-0.2, 0) is 14.2 Å². The predicted octanol–water partition coefficient (Wildman–Crippen LogP) is 7.68. The molecule has 1 aliphatic rings. The van der Waals surface area contributed by atoms with Gasteiger partial charge in [0.15, 0.2) is 5.79 Å². The highest BCUT2D eigenvalue weighted by atomic mass is 16.7. The van der Waals surface area contributed by atoms with E-state index >= 15 is 0 Å². The SMILES string of the molecule is C/C(=C\CCCO[C@H](CO)[C@@H]1COC(C)(C)O1)CCCC(C)CCCC(C)CCCC(C)C. The third kappa shape index (κ3) is 15.2. The molecule has 0 spiro atoms. The van der Waals surface area contributed by atoms with E-state index in [0.717, 1.165) is 30.6 Å². The first-order valence-electron chi connectivity index (χ1n) is 13.8. The van der Waals surface area contributed by atoms with E-state index in [4.69, 9.17) is 14.2 Å². The van der Waals surface area contributed by atoms with Gasteiger partial charge in [0.2, 0.25) is 0 Å².